The Morgan fingerprint density at radius 1 is 0.760 bits per heavy atom. The highest BCUT2D eigenvalue weighted by Gasteiger charge is 2.20. The van der Waals surface area contributed by atoms with Crippen LogP contribution in [0.15, 0.2) is 36.4 Å². The topological polar surface area (TPSA) is 74.2 Å². The molecule has 0 saturated heterocycles. The second-order valence-electron chi connectivity index (χ2n) is 4.82. The molecule has 0 radical (unpaired) electrons. The molecule has 0 amide bonds. The first kappa shape index (κ1) is 18.8. The average Bonchev–Trinajstić information content (AvgIpc) is 2.65. The van der Waals surface area contributed by atoms with Crippen molar-refractivity contribution in [1.82, 2.24) is 0 Å². The summed E-state index contributed by atoms with van der Waals surface area (Å²) in [5.74, 6) is 1.56. The standard InChI is InChI=1S/C18H19O6P/c1-21-11-7-5-8-12(22-2)15(11)17(19)25-18(20)16-13(23-3)9-6-10-14(16)24-4/h5-10,19H,1-4H3. The Morgan fingerprint density at radius 3 is 1.48 bits per heavy atom. The summed E-state index contributed by atoms with van der Waals surface area (Å²) in [6.45, 7) is 0. The van der Waals surface area contributed by atoms with Gasteiger partial charge in [-0.2, -0.15) is 0 Å². The summed E-state index contributed by atoms with van der Waals surface area (Å²) in [4.78, 5) is 12.8. The maximum absolute atomic E-state index is 12.8. The van der Waals surface area contributed by atoms with Crippen LogP contribution in [0, 0.1) is 0 Å². The molecule has 0 saturated carbocycles. The second-order valence-corrected chi connectivity index (χ2v) is 5.87. The lowest BCUT2D eigenvalue weighted by molar-refractivity contribution is 0.108. The number of carbonyl (C=O) groups is 1. The molecule has 0 bridgehead atoms. The first-order chi connectivity index (χ1) is 12.1. The molecule has 0 unspecified atom stereocenters. The molecule has 0 aliphatic rings. The molecule has 0 spiro atoms. The predicted octanol–water partition coefficient (Wildman–Crippen LogP) is 3.36. The number of rotatable bonds is 7. The third-order valence-corrected chi connectivity index (χ3v) is 4.36. The highest BCUT2D eigenvalue weighted by Crippen LogP contribution is 2.35. The van der Waals surface area contributed by atoms with E-state index in [1.165, 1.54) is 28.4 Å². The van der Waals surface area contributed by atoms with Crippen LogP contribution in [0.3, 0.4) is 0 Å². The van der Waals surface area contributed by atoms with Crippen LogP contribution >= 0.6 is 8.20 Å². The average molecular weight is 362 g/mol. The number of aliphatic hydroxyl groups excluding tert-OH is 1. The highest BCUT2D eigenvalue weighted by atomic mass is 31.1. The molecular weight excluding hydrogens is 343 g/mol. The van der Waals surface area contributed by atoms with Gasteiger partial charge in [-0.1, -0.05) is 12.1 Å². The van der Waals surface area contributed by atoms with Gasteiger partial charge < -0.3 is 24.1 Å². The van der Waals surface area contributed by atoms with Crippen molar-refractivity contribution in [1.29, 1.82) is 0 Å². The smallest absolute Gasteiger partial charge is 0.221 e. The lowest BCUT2D eigenvalue weighted by atomic mass is 10.2. The summed E-state index contributed by atoms with van der Waals surface area (Å²) in [5.41, 5.74) is 0.0259. The molecule has 0 atom stereocenters. The van der Waals surface area contributed by atoms with E-state index in [1.54, 1.807) is 36.4 Å². The van der Waals surface area contributed by atoms with Crippen molar-refractivity contribution in [2.45, 2.75) is 0 Å². The molecule has 7 heteroatoms. The molecule has 0 fully saturated rings. The van der Waals surface area contributed by atoms with Crippen LogP contribution in [-0.4, -0.2) is 44.5 Å². The quantitative estimate of drug-likeness (QED) is 0.762. The highest BCUT2D eigenvalue weighted by molar-refractivity contribution is 7.60. The number of benzene rings is 2. The van der Waals surface area contributed by atoms with Crippen LogP contribution in [0.1, 0.15) is 15.9 Å². The fourth-order valence-electron chi connectivity index (χ4n) is 2.34. The Balaban J connectivity index is 2.54. The normalized spacial score (nSPS) is 11.0. The van der Waals surface area contributed by atoms with Gasteiger partial charge in [-0.15, -0.1) is 0 Å². The summed E-state index contributed by atoms with van der Waals surface area (Å²) in [6, 6.07) is 10.1. The molecular formula is C18H19O6P. The van der Waals surface area contributed by atoms with E-state index < -0.39 is 0 Å². The van der Waals surface area contributed by atoms with Crippen molar-refractivity contribution < 1.29 is 28.8 Å². The Bertz CT molecular complexity index is 756. The van der Waals surface area contributed by atoms with Crippen molar-refractivity contribution >= 4 is 19.2 Å². The third-order valence-electron chi connectivity index (χ3n) is 3.50. The lowest BCUT2D eigenvalue weighted by Crippen LogP contribution is -2.06. The fourth-order valence-corrected chi connectivity index (χ4v) is 3.20. The minimum Gasteiger partial charge on any atom is -0.496 e. The van der Waals surface area contributed by atoms with E-state index >= 15 is 0 Å². The number of hydrogen-bond acceptors (Lipinski definition) is 5. The Morgan fingerprint density at radius 2 is 1.12 bits per heavy atom. The van der Waals surface area contributed by atoms with Crippen molar-refractivity contribution in [3.8, 4) is 23.0 Å². The van der Waals surface area contributed by atoms with Crippen molar-refractivity contribution in [3.63, 3.8) is 0 Å². The second kappa shape index (κ2) is 8.51. The third kappa shape index (κ3) is 3.92. The van der Waals surface area contributed by atoms with Crippen molar-refractivity contribution in [3.05, 3.63) is 47.5 Å². The van der Waals surface area contributed by atoms with E-state index in [9.17, 15) is 9.90 Å². The minimum absolute atomic E-state index is 0.0414. The summed E-state index contributed by atoms with van der Waals surface area (Å²) in [5, 5.41) is 10.5. The monoisotopic (exact) mass is 362 g/mol. The largest absolute Gasteiger partial charge is 0.496 e. The molecule has 25 heavy (non-hydrogen) atoms. The molecule has 0 aromatic heterocycles. The van der Waals surface area contributed by atoms with Crippen LogP contribution in [0.2, 0.25) is 0 Å². The van der Waals surface area contributed by atoms with Crippen LogP contribution in [0.25, 0.3) is 0 Å². The molecule has 2 aromatic rings. The molecule has 0 aliphatic carbocycles. The summed E-state index contributed by atoms with van der Waals surface area (Å²) in [7, 11) is 5.94. The maximum atomic E-state index is 12.8. The van der Waals surface area contributed by atoms with Gasteiger partial charge in [0.1, 0.15) is 34.0 Å². The van der Waals surface area contributed by atoms with Crippen LogP contribution in [-0.2, 0) is 0 Å². The van der Waals surface area contributed by atoms with E-state index in [-0.39, 0.29) is 24.8 Å². The fraction of sp³-hybridized carbons (Fsp3) is 0.222. The predicted molar refractivity (Wildman–Crippen MR) is 96.4 cm³/mol. The first-order valence-corrected chi connectivity index (χ1v) is 8.21. The Hall–Kier alpha value is -2.56. The number of aliphatic hydroxyl groups is 1. The van der Waals surface area contributed by atoms with Crippen LogP contribution < -0.4 is 18.9 Å². The van der Waals surface area contributed by atoms with E-state index in [4.69, 9.17) is 18.9 Å². The van der Waals surface area contributed by atoms with Gasteiger partial charge in [0.25, 0.3) is 0 Å². The molecule has 2 rings (SSSR count). The molecule has 6 nitrogen and oxygen atoms in total. The van der Waals surface area contributed by atoms with Gasteiger partial charge in [0.2, 0.25) is 5.52 Å². The van der Waals surface area contributed by atoms with E-state index in [2.05, 4.69) is 0 Å². The van der Waals surface area contributed by atoms with Gasteiger partial charge >= 0.3 is 0 Å². The van der Waals surface area contributed by atoms with Gasteiger partial charge in [0, 0.05) is 8.20 Å². The number of hydrogen-bond donors (Lipinski definition) is 1. The van der Waals surface area contributed by atoms with Crippen molar-refractivity contribution in [2.75, 3.05) is 28.4 Å². The van der Waals surface area contributed by atoms with Crippen LogP contribution in [0.4, 0.5) is 0 Å². The SMILES string of the molecule is COc1cccc(OC)c1C(=O)/P=C(\O)c1c(OC)cccc1OC. The van der Waals surface area contributed by atoms with E-state index in [0.717, 1.165) is 0 Å². The molecule has 0 heterocycles. The zero-order valence-corrected chi connectivity index (χ0v) is 15.3. The van der Waals surface area contributed by atoms with Gasteiger partial charge in [0.15, 0.2) is 0 Å². The summed E-state index contributed by atoms with van der Waals surface area (Å²) in [6.07, 6.45) is 0. The zero-order chi connectivity index (χ0) is 18.4. The molecule has 0 aliphatic heterocycles. The maximum Gasteiger partial charge on any atom is 0.221 e. The summed E-state index contributed by atoms with van der Waals surface area (Å²) < 4.78 is 21.0. The van der Waals surface area contributed by atoms with Gasteiger partial charge in [-0.05, 0) is 24.3 Å². The number of methoxy groups -OCH3 is 4. The molecule has 2 aromatic carbocycles. The van der Waals surface area contributed by atoms with Crippen molar-refractivity contribution in [2.24, 2.45) is 0 Å². The minimum atomic E-state index is -0.375. The van der Waals surface area contributed by atoms with Crippen LogP contribution in [0.5, 0.6) is 23.0 Å². The molecule has 132 valence electrons. The molecule has 1 N–H and O–H groups in total. The van der Waals surface area contributed by atoms with Gasteiger partial charge in [-0.3, -0.25) is 4.79 Å². The zero-order valence-electron chi connectivity index (χ0n) is 14.4. The van der Waals surface area contributed by atoms with E-state index in [0.29, 0.717) is 28.6 Å². The Labute approximate surface area is 147 Å². The number of ether oxygens (including phenoxy) is 4. The van der Waals surface area contributed by atoms with Gasteiger partial charge in [-0.25, -0.2) is 0 Å². The summed E-state index contributed by atoms with van der Waals surface area (Å²) >= 11 is 0. The lowest BCUT2D eigenvalue weighted by Gasteiger charge is -2.13. The van der Waals surface area contributed by atoms with Gasteiger partial charge in [0.05, 0.1) is 34.0 Å². The number of carbonyl (C=O) groups excluding carboxylic acids is 1. The van der Waals surface area contributed by atoms with E-state index in [1.807, 2.05) is 0 Å². The Kier molecular flexibility index (Phi) is 6.39. The first-order valence-electron chi connectivity index (χ1n) is 7.31.